The van der Waals surface area contributed by atoms with Crippen LogP contribution in [0.4, 0.5) is 0 Å². The predicted molar refractivity (Wildman–Crippen MR) is 99.7 cm³/mol. The van der Waals surface area contributed by atoms with Crippen LogP contribution in [0, 0.1) is 0 Å². The van der Waals surface area contributed by atoms with Crippen LogP contribution in [-0.2, 0) is 16.1 Å². The van der Waals surface area contributed by atoms with Gasteiger partial charge in [0.1, 0.15) is 10.8 Å². The van der Waals surface area contributed by atoms with E-state index in [9.17, 15) is 14.4 Å². The number of nitrogens with zero attached hydrogens (tertiary/aromatic N) is 1. The van der Waals surface area contributed by atoms with Crippen molar-refractivity contribution >= 4 is 29.1 Å². The first-order valence-corrected chi connectivity index (χ1v) is 9.21. The molecule has 2 amide bonds. The molecule has 3 N–H and O–H groups in total. The summed E-state index contributed by atoms with van der Waals surface area (Å²) in [7, 11) is 0. The van der Waals surface area contributed by atoms with E-state index in [0.29, 0.717) is 22.9 Å². The van der Waals surface area contributed by atoms with Gasteiger partial charge < -0.3 is 20.5 Å². The molecule has 0 aliphatic heterocycles. The van der Waals surface area contributed by atoms with Crippen molar-refractivity contribution in [1.82, 2.24) is 15.6 Å². The molecule has 1 atom stereocenters. The number of aromatic carboxylic acids is 1. The first-order chi connectivity index (χ1) is 12.9. The van der Waals surface area contributed by atoms with Crippen LogP contribution in [0.2, 0.25) is 0 Å². The number of amides is 2. The molecule has 144 valence electrons. The average Bonchev–Trinajstić information content (AvgIpc) is 3.09. The summed E-state index contributed by atoms with van der Waals surface area (Å²) in [6.07, 6.45) is 0.0147. The van der Waals surface area contributed by atoms with Crippen LogP contribution < -0.4 is 15.4 Å². The molecule has 0 fully saturated rings. The minimum absolute atomic E-state index is 0.0147. The van der Waals surface area contributed by atoms with Gasteiger partial charge in [-0.1, -0.05) is 18.2 Å². The van der Waals surface area contributed by atoms with Crippen LogP contribution in [0.15, 0.2) is 29.6 Å². The van der Waals surface area contributed by atoms with Crippen LogP contribution in [0.5, 0.6) is 5.75 Å². The second kappa shape index (κ2) is 9.67. The van der Waals surface area contributed by atoms with Gasteiger partial charge in [-0.05, 0) is 13.0 Å². The number of carboxylic acid groups (broad SMARTS) is 1. The van der Waals surface area contributed by atoms with Gasteiger partial charge in [-0.15, -0.1) is 11.3 Å². The fourth-order valence-corrected chi connectivity index (χ4v) is 3.17. The van der Waals surface area contributed by atoms with Crippen molar-refractivity contribution in [1.29, 1.82) is 0 Å². The predicted octanol–water partition coefficient (Wildman–Crippen LogP) is 2.12. The lowest BCUT2D eigenvalue weighted by Gasteiger charge is -2.20. The highest BCUT2D eigenvalue weighted by molar-refractivity contribution is 7.09. The van der Waals surface area contributed by atoms with E-state index in [1.54, 1.807) is 12.1 Å². The van der Waals surface area contributed by atoms with Crippen LogP contribution in [-0.4, -0.2) is 34.5 Å². The van der Waals surface area contributed by atoms with Crippen molar-refractivity contribution in [2.24, 2.45) is 0 Å². The Labute approximate surface area is 160 Å². The van der Waals surface area contributed by atoms with Crippen LogP contribution in [0.3, 0.4) is 0 Å². The Bertz CT molecular complexity index is 821. The number of thiazole rings is 1. The van der Waals surface area contributed by atoms with E-state index in [0.717, 1.165) is 11.3 Å². The van der Waals surface area contributed by atoms with Gasteiger partial charge in [-0.2, -0.15) is 0 Å². The zero-order valence-electron chi connectivity index (χ0n) is 15.0. The summed E-state index contributed by atoms with van der Waals surface area (Å²) in [5.41, 5.74) is 0.665. The molecule has 0 saturated heterocycles. The van der Waals surface area contributed by atoms with E-state index in [4.69, 9.17) is 9.84 Å². The van der Waals surface area contributed by atoms with Gasteiger partial charge in [0.25, 0.3) is 0 Å². The number of para-hydroxylation sites is 1. The maximum absolute atomic E-state index is 12.3. The Morgan fingerprint density at radius 2 is 2.04 bits per heavy atom. The molecule has 2 aromatic rings. The second-order valence-corrected chi connectivity index (χ2v) is 6.58. The SMILES string of the molecule is CCOc1ccccc1C(CC(=O)NCc1nc(C(=O)O)cs1)NC(C)=O. The first-order valence-electron chi connectivity index (χ1n) is 8.34. The molecule has 0 bridgehead atoms. The Morgan fingerprint density at radius 3 is 2.67 bits per heavy atom. The largest absolute Gasteiger partial charge is 0.494 e. The summed E-state index contributed by atoms with van der Waals surface area (Å²) in [6, 6.07) is 6.68. The highest BCUT2D eigenvalue weighted by Crippen LogP contribution is 2.27. The molecule has 0 saturated carbocycles. The zero-order chi connectivity index (χ0) is 19.8. The lowest BCUT2D eigenvalue weighted by atomic mass is 10.0. The van der Waals surface area contributed by atoms with Gasteiger partial charge >= 0.3 is 5.97 Å². The molecule has 1 unspecified atom stereocenters. The van der Waals surface area contributed by atoms with Gasteiger partial charge in [-0.25, -0.2) is 9.78 Å². The molecule has 0 aliphatic carbocycles. The Kier molecular flexibility index (Phi) is 7.30. The Hall–Kier alpha value is -2.94. The minimum atomic E-state index is -1.11. The zero-order valence-corrected chi connectivity index (χ0v) is 15.8. The van der Waals surface area contributed by atoms with E-state index in [1.807, 2.05) is 19.1 Å². The summed E-state index contributed by atoms with van der Waals surface area (Å²) >= 11 is 1.16. The highest BCUT2D eigenvalue weighted by atomic mass is 32.1. The molecule has 0 spiro atoms. The summed E-state index contributed by atoms with van der Waals surface area (Å²) in [6.45, 7) is 3.83. The van der Waals surface area contributed by atoms with Gasteiger partial charge in [0, 0.05) is 17.9 Å². The highest BCUT2D eigenvalue weighted by Gasteiger charge is 2.21. The molecule has 0 radical (unpaired) electrons. The number of carbonyl (C=O) groups is 3. The lowest BCUT2D eigenvalue weighted by molar-refractivity contribution is -0.122. The number of carboxylic acids is 1. The maximum atomic E-state index is 12.3. The third-order valence-corrected chi connectivity index (χ3v) is 4.42. The van der Waals surface area contributed by atoms with Gasteiger partial charge in [0.15, 0.2) is 5.69 Å². The minimum Gasteiger partial charge on any atom is -0.494 e. The van der Waals surface area contributed by atoms with Crippen molar-refractivity contribution in [3.63, 3.8) is 0 Å². The number of ether oxygens (including phenoxy) is 1. The third-order valence-electron chi connectivity index (χ3n) is 3.57. The number of hydrogen-bond acceptors (Lipinski definition) is 6. The van der Waals surface area contributed by atoms with Crippen molar-refractivity contribution in [3.05, 3.63) is 45.9 Å². The maximum Gasteiger partial charge on any atom is 0.355 e. The molecule has 9 heteroatoms. The van der Waals surface area contributed by atoms with E-state index in [2.05, 4.69) is 15.6 Å². The molecule has 1 aromatic heterocycles. The molecule has 2 rings (SSSR count). The Balaban J connectivity index is 2.05. The van der Waals surface area contributed by atoms with Gasteiger partial charge in [0.05, 0.1) is 25.6 Å². The summed E-state index contributed by atoms with van der Waals surface area (Å²) < 4.78 is 5.59. The first kappa shape index (κ1) is 20.4. The van der Waals surface area contributed by atoms with Crippen LogP contribution >= 0.6 is 11.3 Å². The van der Waals surface area contributed by atoms with Crippen LogP contribution in [0.25, 0.3) is 0 Å². The van der Waals surface area contributed by atoms with Crippen LogP contribution in [0.1, 0.15) is 47.4 Å². The molecular weight excluding hydrogens is 370 g/mol. The molecule has 1 aromatic carbocycles. The fourth-order valence-electron chi connectivity index (χ4n) is 2.46. The van der Waals surface area contributed by atoms with E-state index in [1.165, 1.54) is 12.3 Å². The second-order valence-electron chi connectivity index (χ2n) is 5.64. The molecule has 0 aliphatic rings. The standard InChI is InChI=1S/C18H21N3O5S/c1-3-26-15-7-5-4-6-12(15)13(20-11(2)22)8-16(23)19-9-17-21-14(10-27-17)18(24)25/h4-7,10,13H,3,8-9H2,1-2H3,(H,19,23)(H,20,22)(H,24,25). The van der Waals surface area contributed by atoms with Crippen molar-refractivity contribution in [2.75, 3.05) is 6.61 Å². The van der Waals surface area contributed by atoms with Crippen molar-refractivity contribution in [2.45, 2.75) is 32.9 Å². The fraction of sp³-hybridized carbons (Fsp3) is 0.333. The quantitative estimate of drug-likeness (QED) is 0.603. The van der Waals surface area contributed by atoms with E-state index < -0.39 is 12.0 Å². The number of aromatic nitrogens is 1. The van der Waals surface area contributed by atoms with E-state index >= 15 is 0 Å². The molecule has 27 heavy (non-hydrogen) atoms. The number of benzene rings is 1. The number of rotatable bonds is 9. The molecule has 1 heterocycles. The monoisotopic (exact) mass is 391 g/mol. The topological polar surface area (TPSA) is 118 Å². The number of hydrogen-bond donors (Lipinski definition) is 3. The smallest absolute Gasteiger partial charge is 0.355 e. The summed E-state index contributed by atoms with van der Waals surface area (Å²) in [5, 5.41) is 16.3. The average molecular weight is 391 g/mol. The van der Waals surface area contributed by atoms with Crippen molar-refractivity contribution in [3.8, 4) is 5.75 Å². The lowest BCUT2D eigenvalue weighted by Crippen LogP contribution is -2.32. The molecular formula is C18H21N3O5S. The normalized spacial score (nSPS) is 11.5. The Morgan fingerprint density at radius 1 is 1.30 bits per heavy atom. The number of carbonyl (C=O) groups excluding carboxylic acids is 2. The van der Waals surface area contributed by atoms with E-state index in [-0.39, 0.29) is 30.5 Å². The summed E-state index contributed by atoms with van der Waals surface area (Å²) in [5.74, 6) is -1.06. The van der Waals surface area contributed by atoms with Gasteiger partial charge in [0.2, 0.25) is 11.8 Å². The third kappa shape index (κ3) is 6.07. The molecule has 8 nitrogen and oxygen atoms in total. The van der Waals surface area contributed by atoms with Gasteiger partial charge in [-0.3, -0.25) is 9.59 Å². The van der Waals surface area contributed by atoms with Crippen molar-refractivity contribution < 1.29 is 24.2 Å². The number of nitrogens with one attached hydrogen (secondary N) is 2. The summed E-state index contributed by atoms with van der Waals surface area (Å²) in [4.78, 5) is 38.7.